The highest BCUT2D eigenvalue weighted by molar-refractivity contribution is 6.35. The summed E-state index contributed by atoms with van der Waals surface area (Å²) in [6, 6.07) is 8.92. The second-order valence-electron chi connectivity index (χ2n) is 3.59. The van der Waals surface area contributed by atoms with E-state index < -0.39 is 11.9 Å². The molecule has 0 saturated heterocycles. The highest BCUT2D eigenvalue weighted by Gasteiger charge is 2.10. The van der Waals surface area contributed by atoms with Crippen molar-refractivity contribution in [1.82, 2.24) is 0 Å². The van der Waals surface area contributed by atoms with Gasteiger partial charge in [-0.15, -0.1) is 0 Å². The monoisotopic (exact) mass is 250 g/mol. The number of benzene rings is 1. The van der Waals surface area contributed by atoms with Gasteiger partial charge in [-0.05, 0) is 25.0 Å². The number of carbonyl (C=O) groups is 2. The average molecular weight is 250 g/mol. The van der Waals surface area contributed by atoms with E-state index >= 15 is 0 Å². The quantitative estimate of drug-likeness (QED) is 0.506. The van der Waals surface area contributed by atoms with E-state index in [-0.39, 0.29) is 25.0 Å². The lowest BCUT2D eigenvalue weighted by Crippen LogP contribution is -2.15. The van der Waals surface area contributed by atoms with E-state index in [1.807, 2.05) is 6.07 Å². The Morgan fingerprint density at radius 2 is 1.78 bits per heavy atom. The van der Waals surface area contributed by atoms with Crippen LogP contribution in [0.5, 0.6) is 0 Å². The second-order valence-corrected chi connectivity index (χ2v) is 3.59. The zero-order valence-corrected chi connectivity index (χ0v) is 9.67. The molecular weight excluding hydrogens is 236 g/mol. The molecule has 0 spiro atoms. The summed E-state index contributed by atoms with van der Waals surface area (Å²) in [5.74, 6) is -2.10. The van der Waals surface area contributed by atoms with Crippen LogP contribution >= 0.6 is 0 Å². The molecule has 0 aromatic heterocycles. The first-order valence-electron chi connectivity index (χ1n) is 5.42. The van der Waals surface area contributed by atoms with Gasteiger partial charge < -0.3 is 10.2 Å². The van der Waals surface area contributed by atoms with Crippen molar-refractivity contribution in [2.24, 2.45) is 5.10 Å². The summed E-state index contributed by atoms with van der Waals surface area (Å²) in [6.07, 6.45) is 0.288. The third-order valence-corrected chi connectivity index (χ3v) is 2.14. The second kappa shape index (κ2) is 7.05. The number of para-hydroxylation sites is 1. The van der Waals surface area contributed by atoms with Gasteiger partial charge in [-0.2, -0.15) is 5.10 Å². The van der Waals surface area contributed by atoms with Gasteiger partial charge in [-0.3, -0.25) is 10.2 Å². The van der Waals surface area contributed by atoms with Gasteiger partial charge in [-0.25, -0.2) is 4.79 Å². The average Bonchev–Trinajstić information content (AvgIpc) is 2.34. The topological polar surface area (TPSA) is 99.0 Å². The van der Waals surface area contributed by atoms with Crippen LogP contribution in [0.1, 0.15) is 19.3 Å². The van der Waals surface area contributed by atoms with Crippen molar-refractivity contribution in [3.63, 3.8) is 0 Å². The predicted octanol–water partition coefficient (Wildman–Crippen LogP) is 1.79. The zero-order chi connectivity index (χ0) is 13.4. The van der Waals surface area contributed by atoms with E-state index in [2.05, 4.69) is 10.5 Å². The SMILES string of the molecule is O=C(O)CCC/C(=N/Nc1ccccc1)C(=O)O. The van der Waals surface area contributed by atoms with Crippen molar-refractivity contribution >= 4 is 23.3 Å². The molecule has 96 valence electrons. The molecule has 0 aliphatic heterocycles. The van der Waals surface area contributed by atoms with Crippen LogP contribution in [-0.4, -0.2) is 27.9 Å². The smallest absolute Gasteiger partial charge is 0.352 e. The maximum atomic E-state index is 10.9. The maximum Gasteiger partial charge on any atom is 0.352 e. The number of rotatable bonds is 7. The van der Waals surface area contributed by atoms with Crippen molar-refractivity contribution in [1.29, 1.82) is 0 Å². The third kappa shape index (κ3) is 5.11. The number of carboxylic acid groups (broad SMARTS) is 2. The number of nitrogens with one attached hydrogen (secondary N) is 1. The molecule has 6 heteroatoms. The first kappa shape index (κ1) is 13.7. The van der Waals surface area contributed by atoms with E-state index in [4.69, 9.17) is 10.2 Å². The Morgan fingerprint density at radius 1 is 1.11 bits per heavy atom. The van der Waals surface area contributed by atoms with E-state index in [9.17, 15) is 9.59 Å². The Balaban J connectivity index is 2.56. The number of hydrazone groups is 1. The van der Waals surface area contributed by atoms with E-state index in [0.29, 0.717) is 5.69 Å². The molecule has 0 atom stereocenters. The van der Waals surface area contributed by atoms with Crippen LogP contribution < -0.4 is 5.43 Å². The van der Waals surface area contributed by atoms with E-state index in [1.54, 1.807) is 24.3 Å². The molecular formula is C12H14N2O4. The molecule has 3 N–H and O–H groups in total. The van der Waals surface area contributed by atoms with Crippen LogP contribution in [0.4, 0.5) is 5.69 Å². The van der Waals surface area contributed by atoms with E-state index in [1.165, 1.54) is 0 Å². The van der Waals surface area contributed by atoms with Gasteiger partial charge in [0.25, 0.3) is 0 Å². The Hall–Kier alpha value is -2.37. The van der Waals surface area contributed by atoms with Crippen LogP contribution in [0, 0.1) is 0 Å². The molecule has 1 aromatic carbocycles. The molecule has 0 bridgehead atoms. The minimum absolute atomic E-state index is 0.0718. The van der Waals surface area contributed by atoms with Crippen molar-refractivity contribution in [3.8, 4) is 0 Å². The molecule has 0 aliphatic carbocycles. The standard InChI is InChI=1S/C12H14N2O4/c15-11(16)8-4-7-10(12(17)18)14-13-9-5-2-1-3-6-9/h1-3,5-6,13H,4,7-8H2,(H,15,16)(H,17,18)/b14-10-. The highest BCUT2D eigenvalue weighted by Crippen LogP contribution is 2.06. The molecule has 6 nitrogen and oxygen atoms in total. The highest BCUT2D eigenvalue weighted by atomic mass is 16.4. The van der Waals surface area contributed by atoms with Gasteiger partial charge in [0.2, 0.25) is 0 Å². The molecule has 0 heterocycles. The molecule has 18 heavy (non-hydrogen) atoms. The molecule has 1 aromatic rings. The van der Waals surface area contributed by atoms with Crippen LogP contribution in [-0.2, 0) is 9.59 Å². The Kier molecular flexibility index (Phi) is 5.37. The molecule has 0 saturated carbocycles. The van der Waals surface area contributed by atoms with Gasteiger partial charge in [0.15, 0.2) is 0 Å². The number of hydrogen-bond donors (Lipinski definition) is 3. The fourth-order valence-electron chi connectivity index (χ4n) is 1.26. The molecule has 1 rings (SSSR count). The molecule has 0 aliphatic rings. The Labute approximate surface area is 104 Å². The Bertz CT molecular complexity index is 443. The zero-order valence-electron chi connectivity index (χ0n) is 9.67. The fourth-order valence-corrected chi connectivity index (χ4v) is 1.26. The molecule has 0 fully saturated rings. The number of hydrogen-bond acceptors (Lipinski definition) is 4. The summed E-state index contributed by atoms with van der Waals surface area (Å²) in [7, 11) is 0. The van der Waals surface area contributed by atoms with Gasteiger partial charge in [-0.1, -0.05) is 18.2 Å². The van der Waals surface area contributed by atoms with Gasteiger partial charge in [0.1, 0.15) is 5.71 Å². The first-order chi connectivity index (χ1) is 8.59. The van der Waals surface area contributed by atoms with Crippen LogP contribution in [0.15, 0.2) is 35.4 Å². The van der Waals surface area contributed by atoms with Gasteiger partial charge in [0.05, 0.1) is 5.69 Å². The number of aliphatic carboxylic acids is 2. The lowest BCUT2D eigenvalue weighted by atomic mass is 10.2. The minimum atomic E-state index is -1.15. The van der Waals surface area contributed by atoms with Gasteiger partial charge >= 0.3 is 11.9 Å². The summed E-state index contributed by atoms with van der Waals surface area (Å²) in [6.45, 7) is 0. The summed E-state index contributed by atoms with van der Waals surface area (Å²) >= 11 is 0. The first-order valence-corrected chi connectivity index (χ1v) is 5.42. The molecule has 0 unspecified atom stereocenters. The van der Waals surface area contributed by atoms with Crippen molar-refractivity contribution in [3.05, 3.63) is 30.3 Å². The summed E-state index contributed by atoms with van der Waals surface area (Å²) in [5.41, 5.74) is 3.22. The lowest BCUT2D eigenvalue weighted by molar-refractivity contribution is -0.137. The molecule has 0 radical (unpaired) electrons. The van der Waals surface area contributed by atoms with Crippen LogP contribution in [0.2, 0.25) is 0 Å². The fraction of sp³-hybridized carbons (Fsp3) is 0.250. The molecule has 0 amide bonds. The number of nitrogens with zero attached hydrogens (tertiary/aromatic N) is 1. The summed E-state index contributed by atoms with van der Waals surface area (Å²) in [5, 5.41) is 21.1. The summed E-state index contributed by atoms with van der Waals surface area (Å²) < 4.78 is 0. The van der Waals surface area contributed by atoms with Crippen LogP contribution in [0.3, 0.4) is 0 Å². The minimum Gasteiger partial charge on any atom is -0.481 e. The largest absolute Gasteiger partial charge is 0.481 e. The number of anilines is 1. The van der Waals surface area contributed by atoms with Crippen molar-refractivity contribution in [2.45, 2.75) is 19.3 Å². The normalized spacial score (nSPS) is 11.0. The van der Waals surface area contributed by atoms with E-state index in [0.717, 1.165) is 0 Å². The third-order valence-electron chi connectivity index (χ3n) is 2.14. The predicted molar refractivity (Wildman–Crippen MR) is 66.6 cm³/mol. The number of carboxylic acids is 2. The lowest BCUT2D eigenvalue weighted by Gasteiger charge is -2.03. The summed E-state index contributed by atoms with van der Waals surface area (Å²) in [4.78, 5) is 21.2. The van der Waals surface area contributed by atoms with Crippen LogP contribution in [0.25, 0.3) is 0 Å². The maximum absolute atomic E-state index is 10.9. The van der Waals surface area contributed by atoms with Crippen molar-refractivity contribution in [2.75, 3.05) is 5.43 Å². The van der Waals surface area contributed by atoms with Crippen molar-refractivity contribution < 1.29 is 19.8 Å². The Morgan fingerprint density at radius 3 is 2.33 bits per heavy atom. The van der Waals surface area contributed by atoms with Gasteiger partial charge in [0, 0.05) is 6.42 Å².